The van der Waals surface area contributed by atoms with Crippen LogP contribution < -0.4 is 20.7 Å². The van der Waals surface area contributed by atoms with Gasteiger partial charge in [0, 0.05) is 18.7 Å². The molecular weight excluding hydrogens is 518 g/mol. The number of carbonyl (C=O) groups excluding carboxylic acids is 5. The van der Waals surface area contributed by atoms with E-state index >= 15 is 0 Å². The number of para-hydroxylation sites is 1. The minimum absolute atomic E-state index is 0.00506. The average Bonchev–Trinajstić information content (AvgIpc) is 3.06. The topological polar surface area (TPSA) is 174 Å². The summed E-state index contributed by atoms with van der Waals surface area (Å²) < 4.78 is 5.74. The van der Waals surface area contributed by atoms with E-state index in [2.05, 4.69) is 20.7 Å². The van der Waals surface area contributed by atoms with E-state index in [-0.39, 0.29) is 31.7 Å². The van der Waals surface area contributed by atoms with E-state index in [0.717, 1.165) is 5.01 Å². The summed E-state index contributed by atoms with van der Waals surface area (Å²) in [4.78, 5) is 66.8. The smallest absolute Gasteiger partial charge is 0.325 e. The molecule has 13 nitrogen and oxygen atoms in total. The summed E-state index contributed by atoms with van der Waals surface area (Å²) in [5, 5.41) is 10.1. The normalized spacial score (nSPS) is 19.3. The van der Waals surface area contributed by atoms with Gasteiger partial charge in [-0.25, -0.2) is 9.80 Å². The number of ether oxygens (including phenoxy) is 1. The fourth-order valence-electron chi connectivity index (χ4n) is 4.51. The summed E-state index contributed by atoms with van der Waals surface area (Å²) in [6, 6.07) is 12.1. The summed E-state index contributed by atoms with van der Waals surface area (Å²) in [6.07, 6.45) is 1.44. The van der Waals surface area contributed by atoms with E-state index in [9.17, 15) is 24.0 Å². The molecule has 40 heavy (non-hydrogen) atoms. The van der Waals surface area contributed by atoms with Crippen LogP contribution in [0.3, 0.4) is 0 Å². The Bertz CT molecular complexity index is 1330. The highest BCUT2D eigenvalue weighted by atomic mass is 16.5. The monoisotopic (exact) mass is 547 g/mol. The van der Waals surface area contributed by atoms with E-state index in [0.29, 0.717) is 29.8 Å². The Morgan fingerprint density at radius 3 is 2.45 bits per heavy atom. The van der Waals surface area contributed by atoms with Crippen LogP contribution in [0.1, 0.15) is 32.6 Å². The largest absolute Gasteiger partial charge is 0.457 e. The quantitative estimate of drug-likeness (QED) is 0.258. The van der Waals surface area contributed by atoms with E-state index in [1.54, 1.807) is 24.3 Å². The second-order valence-corrected chi connectivity index (χ2v) is 9.36. The molecule has 2 aliphatic heterocycles. The molecule has 0 aromatic heterocycles. The van der Waals surface area contributed by atoms with Gasteiger partial charge in [-0.15, -0.1) is 0 Å². The first kappa shape index (κ1) is 28.0. The van der Waals surface area contributed by atoms with Gasteiger partial charge in [0.25, 0.3) is 11.7 Å². The summed E-state index contributed by atoms with van der Waals surface area (Å²) >= 11 is 0. The lowest BCUT2D eigenvalue weighted by Crippen LogP contribution is -2.64. The highest BCUT2D eigenvalue weighted by molar-refractivity contribution is 6.28. The predicted molar refractivity (Wildman–Crippen MR) is 142 cm³/mol. The van der Waals surface area contributed by atoms with E-state index in [4.69, 9.17) is 10.3 Å². The molecule has 0 saturated carbocycles. The highest BCUT2D eigenvalue weighted by Gasteiger charge is 2.45. The molecule has 3 N–H and O–H groups in total. The molecule has 0 aliphatic carbocycles. The maximum atomic E-state index is 13.5. The van der Waals surface area contributed by atoms with Gasteiger partial charge in [-0.2, -0.15) is 4.79 Å². The van der Waals surface area contributed by atoms with Gasteiger partial charge in [-0.1, -0.05) is 18.2 Å². The van der Waals surface area contributed by atoms with Gasteiger partial charge in [0.2, 0.25) is 11.8 Å². The average molecular weight is 548 g/mol. The van der Waals surface area contributed by atoms with Crippen molar-refractivity contribution >= 4 is 41.4 Å². The third-order valence-electron chi connectivity index (χ3n) is 6.53. The Balaban J connectivity index is 1.41. The van der Waals surface area contributed by atoms with Crippen LogP contribution in [0, 0.1) is 0 Å². The zero-order valence-corrected chi connectivity index (χ0v) is 21.8. The number of anilines is 1. The molecule has 2 aliphatic rings. The van der Waals surface area contributed by atoms with Crippen molar-refractivity contribution in [1.29, 1.82) is 0 Å². The van der Waals surface area contributed by atoms with E-state index in [1.165, 1.54) is 11.9 Å². The summed E-state index contributed by atoms with van der Waals surface area (Å²) in [7, 11) is 0. The Kier molecular flexibility index (Phi) is 8.87. The number of nitrogens with zero attached hydrogens (tertiary/aromatic N) is 4. The summed E-state index contributed by atoms with van der Waals surface area (Å²) in [5.74, 6) is -0.993. The Hall–Kier alpha value is -5.03. The van der Waals surface area contributed by atoms with Crippen molar-refractivity contribution in [1.82, 2.24) is 20.7 Å². The van der Waals surface area contributed by atoms with Crippen LogP contribution in [0.5, 0.6) is 11.5 Å². The fourth-order valence-corrected chi connectivity index (χ4v) is 4.51. The second kappa shape index (κ2) is 12.7. The number of fused-ring (bicyclic) bond motifs is 1. The molecule has 0 spiro atoms. The molecule has 2 fully saturated rings. The van der Waals surface area contributed by atoms with Crippen LogP contribution >= 0.6 is 0 Å². The Morgan fingerprint density at radius 1 is 1.05 bits per heavy atom. The van der Waals surface area contributed by atoms with Crippen molar-refractivity contribution in [3.63, 3.8) is 0 Å². The minimum atomic E-state index is -1.07. The molecule has 5 amide bonds. The molecule has 13 heteroatoms. The zero-order valence-electron chi connectivity index (χ0n) is 21.8. The Labute approximate surface area is 230 Å². The molecule has 0 bridgehead atoms. The van der Waals surface area contributed by atoms with E-state index in [1.807, 2.05) is 30.3 Å². The van der Waals surface area contributed by atoms with Crippen LogP contribution in [-0.4, -0.2) is 75.2 Å². The van der Waals surface area contributed by atoms with Crippen LogP contribution in [0.15, 0.2) is 54.6 Å². The van der Waals surface area contributed by atoms with Crippen LogP contribution in [0.4, 0.5) is 10.5 Å². The van der Waals surface area contributed by atoms with E-state index < -0.39 is 41.8 Å². The lowest BCUT2D eigenvalue weighted by atomic mass is 10.0. The number of Topliss-reactive ketones (excluding diaryl/α,β-unsaturated/α-hetero) is 1. The van der Waals surface area contributed by atoms with Crippen LogP contribution in [0.2, 0.25) is 0 Å². The molecule has 208 valence electrons. The number of rotatable bonds is 8. The maximum Gasteiger partial charge on any atom is 0.325 e. The highest BCUT2D eigenvalue weighted by Crippen LogP contribution is 2.26. The van der Waals surface area contributed by atoms with Gasteiger partial charge in [-0.3, -0.25) is 24.2 Å². The van der Waals surface area contributed by atoms with Gasteiger partial charge >= 0.3 is 12.2 Å². The SMILES string of the molecule is C[C@H](NC(=O)[C@@H]1CCCN2C(=O)CCC(NC(=O)Nc3ccc(Oc4ccccc4)cc3)C(=O)N12)C(=O)C=[N+]=[N-]. The Morgan fingerprint density at radius 2 is 1.75 bits per heavy atom. The van der Waals surface area contributed by atoms with Crippen molar-refractivity contribution in [2.75, 3.05) is 11.9 Å². The number of nitrogens with one attached hydrogen (secondary N) is 3. The van der Waals surface area contributed by atoms with Crippen molar-refractivity contribution in [3.05, 3.63) is 60.1 Å². The van der Waals surface area contributed by atoms with Gasteiger partial charge in [-0.05, 0) is 62.6 Å². The molecule has 3 atom stereocenters. The number of benzene rings is 2. The number of amides is 5. The number of ketones is 1. The number of hydrazine groups is 1. The number of hydrogen-bond donors (Lipinski definition) is 3. The molecule has 0 radical (unpaired) electrons. The van der Waals surface area contributed by atoms with Gasteiger partial charge in [0.15, 0.2) is 0 Å². The van der Waals surface area contributed by atoms with Crippen molar-refractivity contribution < 1.29 is 33.5 Å². The standard InChI is InChI=1S/C27H29N7O6/c1-17(23(35)16-29-28)30-25(37)22-8-5-15-33-24(36)14-13-21(26(38)34(22)33)32-27(39)31-18-9-11-20(12-10-18)40-19-6-3-2-4-7-19/h2-4,6-7,9-12,16-17,21-22H,5,8,13-15H2,1H3,(H,30,37)(H2,31,32,39)/t17-,21?,22-/m0/s1. The van der Waals surface area contributed by atoms with Gasteiger partial charge in [0.05, 0.1) is 6.04 Å². The maximum absolute atomic E-state index is 13.5. The number of hydrogen-bond acceptors (Lipinski definition) is 6. The third kappa shape index (κ3) is 6.69. The first-order valence-corrected chi connectivity index (χ1v) is 12.8. The lowest BCUT2D eigenvalue weighted by molar-refractivity contribution is -0.176. The van der Waals surface area contributed by atoms with Crippen molar-refractivity contribution in [2.24, 2.45) is 0 Å². The van der Waals surface area contributed by atoms with Crippen molar-refractivity contribution in [3.8, 4) is 11.5 Å². The first-order chi connectivity index (χ1) is 19.3. The molecule has 2 saturated heterocycles. The van der Waals surface area contributed by atoms with Gasteiger partial charge in [0.1, 0.15) is 23.6 Å². The summed E-state index contributed by atoms with van der Waals surface area (Å²) in [5.41, 5.74) is 9.03. The van der Waals surface area contributed by atoms with Crippen molar-refractivity contribution in [2.45, 2.75) is 50.7 Å². The number of urea groups is 1. The lowest BCUT2D eigenvalue weighted by Gasteiger charge is -2.43. The third-order valence-corrected chi connectivity index (χ3v) is 6.53. The molecule has 2 aromatic rings. The molecule has 4 rings (SSSR count). The van der Waals surface area contributed by atoms with Crippen LogP contribution in [0.25, 0.3) is 5.53 Å². The first-order valence-electron chi connectivity index (χ1n) is 12.8. The second-order valence-electron chi connectivity index (χ2n) is 9.36. The minimum Gasteiger partial charge on any atom is -0.457 e. The predicted octanol–water partition coefficient (Wildman–Crippen LogP) is 1.87. The molecule has 2 aromatic carbocycles. The van der Waals surface area contributed by atoms with Gasteiger partial charge < -0.3 is 26.2 Å². The molecule has 1 unspecified atom stereocenters. The summed E-state index contributed by atoms with van der Waals surface area (Å²) in [6.45, 7) is 1.66. The van der Waals surface area contributed by atoms with Crippen LogP contribution in [-0.2, 0) is 19.2 Å². The zero-order chi connectivity index (χ0) is 28.6. The molecule has 2 heterocycles. The fraction of sp³-hybridized carbons (Fsp3) is 0.333. The molecular formula is C27H29N7O6. The number of carbonyl (C=O) groups is 5.